The van der Waals surface area contributed by atoms with Crippen LogP contribution in [0.1, 0.15) is 50.2 Å². The zero-order chi connectivity index (χ0) is 24.5. The summed E-state index contributed by atoms with van der Waals surface area (Å²) in [5, 5.41) is 10.8. The Morgan fingerprint density at radius 2 is 2.09 bits per heavy atom. The Labute approximate surface area is 202 Å². The molecule has 2 aromatic rings. The van der Waals surface area contributed by atoms with E-state index in [9.17, 15) is 9.00 Å². The maximum atomic E-state index is 12.6. The Kier molecular flexibility index (Phi) is 9.39. The van der Waals surface area contributed by atoms with E-state index in [-0.39, 0.29) is 11.4 Å². The molecule has 0 bridgehead atoms. The molecule has 1 aliphatic heterocycles. The Balaban J connectivity index is 0.00000103. The average molecular weight is 485 g/mol. The second-order valence-corrected chi connectivity index (χ2v) is 9.65. The first-order chi connectivity index (χ1) is 16.5. The van der Waals surface area contributed by atoms with E-state index >= 15 is 0 Å². The van der Waals surface area contributed by atoms with Gasteiger partial charge in [0.1, 0.15) is 22.4 Å². The Hall–Kier alpha value is -3.00. The minimum atomic E-state index is -1.20. The molecule has 0 spiro atoms. The van der Waals surface area contributed by atoms with Gasteiger partial charge in [-0.15, -0.1) is 0 Å². The summed E-state index contributed by atoms with van der Waals surface area (Å²) in [6.45, 7) is 3.11. The molecule has 1 aromatic carbocycles. The minimum Gasteiger partial charge on any atom is -0.383 e. The molecule has 1 atom stereocenters. The summed E-state index contributed by atoms with van der Waals surface area (Å²) < 4.78 is 19.6. The SMILES string of the molecule is CC#N.COCCN1Cc2cc(N=C(N)c3c(NC4CCCCC4)cc[nH]c3=O)ccc2S1=O. The van der Waals surface area contributed by atoms with Crippen molar-refractivity contribution in [3.63, 3.8) is 0 Å². The van der Waals surface area contributed by atoms with Gasteiger partial charge in [0.25, 0.3) is 5.56 Å². The molecule has 182 valence electrons. The van der Waals surface area contributed by atoms with E-state index in [2.05, 4.69) is 15.3 Å². The van der Waals surface area contributed by atoms with Crippen LogP contribution < -0.4 is 16.6 Å². The first-order valence-electron chi connectivity index (χ1n) is 11.4. The van der Waals surface area contributed by atoms with Crippen LogP contribution in [0.25, 0.3) is 0 Å². The first kappa shape index (κ1) is 25.6. The molecule has 0 amide bonds. The van der Waals surface area contributed by atoms with Crippen molar-refractivity contribution < 1.29 is 8.95 Å². The second-order valence-electron chi connectivity index (χ2n) is 8.19. The number of pyridine rings is 1. The highest BCUT2D eigenvalue weighted by Crippen LogP contribution is 2.30. The van der Waals surface area contributed by atoms with E-state index < -0.39 is 11.0 Å². The quantitative estimate of drug-likeness (QED) is 0.408. The van der Waals surface area contributed by atoms with Crippen molar-refractivity contribution in [2.45, 2.75) is 56.5 Å². The Bertz CT molecular complexity index is 1130. The van der Waals surface area contributed by atoms with Gasteiger partial charge >= 0.3 is 0 Å². The van der Waals surface area contributed by atoms with E-state index in [1.54, 1.807) is 25.4 Å². The number of hydrogen-bond acceptors (Lipinski definition) is 6. The second kappa shape index (κ2) is 12.5. The van der Waals surface area contributed by atoms with Crippen molar-refractivity contribution in [1.82, 2.24) is 9.29 Å². The zero-order valence-electron chi connectivity index (χ0n) is 19.7. The summed E-state index contributed by atoms with van der Waals surface area (Å²) in [6.07, 6.45) is 7.45. The third-order valence-electron chi connectivity index (χ3n) is 5.79. The fourth-order valence-corrected chi connectivity index (χ4v) is 5.49. The molecule has 1 aliphatic carbocycles. The lowest BCUT2D eigenvalue weighted by molar-refractivity contribution is 0.180. The summed E-state index contributed by atoms with van der Waals surface area (Å²) in [5.41, 5.74) is 8.69. The fraction of sp³-hybridized carbons (Fsp3) is 0.458. The molecule has 10 heteroatoms. The van der Waals surface area contributed by atoms with Crippen molar-refractivity contribution in [2.75, 3.05) is 25.6 Å². The van der Waals surface area contributed by atoms with Crippen molar-refractivity contribution in [3.8, 4) is 6.07 Å². The average Bonchev–Trinajstić information content (AvgIpc) is 3.13. The summed E-state index contributed by atoms with van der Waals surface area (Å²) in [7, 11) is 0.432. The number of nitrogens with two attached hydrogens (primary N) is 1. The van der Waals surface area contributed by atoms with E-state index in [1.807, 2.05) is 22.5 Å². The van der Waals surface area contributed by atoms with Gasteiger partial charge in [-0.05, 0) is 42.7 Å². The summed E-state index contributed by atoms with van der Waals surface area (Å²) in [4.78, 5) is 20.6. The van der Waals surface area contributed by atoms with Crippen LogP contribution in [0, 0.1) is 11.3 Å². The van der Waals surface area contributed by atoms with Crippen LogP contribution in [0.4, 0.5) is 11.4 Å². The predicted molar refractivity (Wildman–Crippen MR) is 134 cm³/mol. The molecule has 1 unspecified atom stereocenters. The van der Waals surface area contributed by atoms with Crippen molar-refractivity contribution in [1.29, 1.82) is 5.26 Å². The predicted octanol–water partition coefficient (Wildman–Crippen LogP) is 3.17. The minimum absolute atomic E-state index is 0.162. The van der Waals surface area contributed by atoms with E-state index in [1.165, 1.54) is 26.2 Å². The van der Waals surface area contributed by atoms with Crippen LogP contribution in [0.5, 0.6) is 0 Å². The molecule has 9 nitrogen and oxygen atoms in total. The standard InChI is InChI=1S/C22H29N5O3S.C2H3N/c1-30-12-11-27-14-15-13-17(7-8-19(15)31(27)29)26-21(23)20-18(9-10-24-22(20)28)25-16-5-3-2-4-6-16;1-2-3/h7-10,13,16H,2-6,11-12,14H2,1H3,(H2,23,26)(H2,24,25,28);1H3. The number of aliphatic imine (C=N–C) groups is 1. The van der Waals surface area contributed by atoms with Crippen LogP contribution in [0.3, 0.4) is 0 Å². The number of anilines is 1. The number of ether oxygens (including phenoxy) is 1. The maximum absolute atomic E-state index is 12.6. The Morgan fingerprint density at radius 1 is 1.35 bits per heavy atom. The number of aromatic nitrogens is 1. The van der Waals surface area contributed by atoms with Crippen LogP contribution in [0.2, 0.25) is 0 Å². The lowest BCUT2D eigenvalue weighted by atomic mass is 9.95. The van der Waals surface area contributed by atoms with Crippen LogP contribution in [-0.2, 0) is 22.3 Å². The van der Waals surface area contributed by atoms with Gasteiger partial charge in [0.2, 0.25) is 0 Å². The van der Waals surface area contributed by atoms with Gasteiger partial charge in [-0.3, -0.25) is 4.79 Å². The summed E-state index contributed by atoms with van der Waals surface area (Å²) in [5.74, 6) is 0.162. The molecule has 0 saturated heterocycles. The van der Waals surface area contributed by atoms with Crippen LogP contribution in [-0.4, -0.2) is 45.6 Å². The molecule has 1 aromatic heterocycles. The number of amidine groups is 1. The van der Waals surface area contributed by atoms with E-state index in [4.69, 9.17) is 15.7 Å². The molecule has 1 saturated carbocycles. The number of rotatable bonds is 7. The smallest absolute Gasteiger partial charge is 0.261 e. The van der Waals surface area contributed by atoms with Gasteiger partial charge in [0.05, 0.1) is 28.9 Å². The largest absolute Gasteiger partial charge is 0.383 e. The van der Waals surface area contributed by atoms with E-state index in [0.717, 1.165) is 23.3 Å². The zero-order valence-corrected chi connectivity index (χ0v) is 20.5. The third-order valence-corrected chi connectivity index (χ3v) is 7.34. The lowest BCUT2D eigenvalue weighted by Gasteiger charge is -2.24. The number of nitrogens with one attached hydrogen (secondary N) is 2. The molecule has 2 heterocycles. The normalized spacial score (nSPS) is 18.5. The van der Waals surface area contributed by atoms with Gasteiger partial charge in [-0.1, -0.05) is 19.3 Å². The first-order valence-corrected chi connectivity index (χ1v) is 12.5. The topological polar surface area (TPSA) is 137 Å². The third kappa shape index (κ3) is 6.32. The summed E-state index contributed by atoms with van der Waals surface area (Å²) in [6, 6.07) is 9.43. The Morgan fingerprint density at radius 3 is 2.79 bits per heavy atom. The number of nitriles is 1. The van der Waals surface area contributed by atoms with Gasteiger partial charge in [0, 0.05) is 39.4 Å². The van der Waals surface area contributed by atoms with Gasteiger partial charge < -0.3 is 20.8 Å². The number of methoxy groups -OCH3 is 1. The fourth-order valence-electron chi connectivity index (χ4n) is 4.19. The molecule has 4 rings (SSSR count). The van der Waals surface area contributed by atoms with Crippen molar-refractivity contribution in [2.24, 2.45) is 10.7 Å². The summed E-state index contributed by atoms with van der Waals surface area (Å²) >= 11 is 0. The number of aromatic amines is 1. The molecule has 0 radical (unpaired) electrons. The van der Waals surface area contributed by atoms with Crippen molar-refractivity contribution >= 4 is 28.2 Å². The van der Waals surface area contributed by atoms with E-state index in [0.29, 0.717) is 42.7 Å². The van der Waals surface area contributed by atoms with Crippen molar-refractivity contribution in [3.05, 3.63) is 51.9 Å². The number of hydrogen-bond donors (Lipinski definition) is 3. The van der Waals surface area contributed by atoms with Gasteiger partial charge in [0.15, 0.2) is 0 Å². The highest BCUT2D eigenvalue weighted by atomic mass is 32.2. The molecule has 4 N–H and O–H groups in total. The molecular weight excluding hydrogens is 452 g/mol. The van der Waals surface area contributed by atoms with Crippen LogP contribution in [0.15, 0.2) is 45.1 Å². The number of nitrogens with zero attached hydrogens (tertiary/aromatic N) is 3. The number of fused-ring (bicyclic) bond motifs is 1. The molecule has 1 fully saturated rings. The monoisotopic (exact) mass is 484 g/mol. The maximum Gasteiger partial charge on any atom is 0.261 e. The molecular formula is C24H32N6O3S. The number of H-pyrrole nitrogens is 1. The highest BCUT2D eigenvalue weighted by Gasteiger charge is 2.27. The number of benzene rings is 1. The van der Waals surface area contributed by atoms with Gasteiger partial charge in [-0.2, -0.15) is 5.26 Å². The highest BCUT2D eigenvalue weighted by molar-refractivity contribution is 7.83. The van der Waals surface area contributed by atoms with Crippen LogP contribution >= 0.6 is 0 Å². The van der Waals surface area contributed by atoms with Gasteiger partial charge in [-0.25, -0.2) is 13.5 Å². The lowest BCUT2D eigenvalue weighted by Crippen LogP contribution is -2.29. The molecule has 2 aliphatic rings. The molecule has 34 heavy (non-hydrogen) atoms.